The molecule has 0 spiro atoms. The fourth-order valence-corrected chi connectivity index (χ4v) is 2.41. The summed E-state index contributed by atoms with van der Waals surface area (Å²) in [5, 5.41) is 13.0. The Bertz CT molecular complexity index is 191. The van der Waals surface area contributed by atoms with Gasteiger partial charge >= 0.3 is 0 Å². The molecule has 1 aliphatic carbocycles. The Morgan fingerprint density at radius 3 is 2.93 bits per heavy atom. The van der Waals surface area contributed by atoms with Gasteiger partial charge in [0.25, 0.3) is 0 Å². The first-order valence-electron chi connectivity index (χ1n) is 5.69. The van der Waals surface area contributed by atoms with Crippen molar-refractivity contribution in [2.75, 3.05) is 13.2 Å². The van der Waals surface area contributed by atoms with Gasteiger partial charge in [-0.25, -0.2) is 0 Å². The summed E-state index contributed by atoms with van der Waals surface area (Å²) in [7, 11) is 0. The van der Waals surface area contributed by atoms with Crippen LogP contribution in [0.3, 0.4) is 0 Å². The molecule has 2 N–H and O–H groups in total. The summed E-state index contributed by atoms with van der Waals surface area (Å²) in [6.07, 6.45) is 8.94. The first-order valence-corrected chi connectivity index (χ1v) is 5.69. The van der Waals surface area contributed by atoms with E-state index in [4.69, 9.17) is 0 Å². The van der Waals surface area contributed by atoms with Crippen molar-refractivity contribution < 1.29 is 5.11 Å². The second-order valence-electron chi connectivity index (χ2n) is 4.59. The number of rotatable bonds is 4. The van der Waals surface area contributed by atoms with Gasteiger partial charge in [0.2, 0.25) is 0 Å². The smallest absolute Gasteiger partial charge is 0.0613 e. The maximum Gasteiger partial charge on any atom is 0.0613 e. The first-order chi connectivity index (χ1) is 6.72. The van der Waals surface area contributed by atoms with E-state index in [9.17, 15) is 5.11 Å². The second kappa shape index (κ2) is 5.52. The molecule has 0 saturated heterocycles. The topological polar surface area (TPSA) is 32.3 Å². The van der Waals surface area contributed by atoms with Crippen LogP contribution in [-0.2, 0) is 0 Å². The molecule has 0 aromatic rings. The van der Waals surface area contributed by atoms with Gasteiger partial charge in [0.1, 0.15) is 0 Å². The molecule has 1 saturated carbocycles. The Labute approximate surface area is 87.4 Å². The second-order valence-corrected chi connectivity index (χ2v) is 4.59. The van der Waals surface area contributed by atoms with Crippen LogP contribution in [0.5, 0.6) is 0 Å². The van der Waals surface area contributed by atoms with E-state index >= 15 is 0 Å². The summed E-state index contributed by atoms with van der Waals surface area (Å²) in [6.45, 7) is 5.45. The molecule has 0 aromatic carbocycles. The lowest BCUT2D eigenvalue weighted by Crippen LogP contribution is -2.51. The Kier molecular flexibility index (Phi) is 4.63. The van der Waals surface area contributed by atoms with Crippen molar-refractivity contribution >= 4 is 0 Å². The Balaban J connectivity index is 2.47. The molecule has 14 heavy (non-hydrogen) atoms. The molecular weight excluding hydrogens is 174 g/mol. The van der Waals surface area contributed by atoms with Gasteiger partial charge in [-0.3, -0.25) is 0 Å². The molecule has 1 aliphatic rings. The highest BCUT2D eigenvalue weighted by molar-refractivity contribution is 4.95. The van der Waals surface area contributed by atoms with Crippen LogP contribution in [0.25, 0.3) is 0 Å². The molecule has 0 amide bonds. The molecule has 0 bridgehead atoms. The van der Waals surface area contributed by atoms with Crippen molar-refractivity contribution in [1.29, 1.82) is 0 Å². The highest BCUT2D eigenvalue weighted by Gasteiger charge is 2.33. The third-order valence-electron chi connectivity index (χ3n) is 3.22. The zero-order chi connectivity index (χ0) is 10.4. The van der Waals surface area contributed by atoms with E-state index in [1.165, 1.54) is 12.8 Å². The molecule has 0 aliphatic heterocycles. The van der Waals surface area contributed by atoms with Gasteiger partial charge in [-0.2, -0.15) is 0 Å². The highest BCUT2D eigenvalue weighted by atomic mass is 16.3. The number of hydrogen-bond donors (Lipinski definition) is 2. The van der Waals surface area contributed by atoms with Gasteiger partial charge in [0, 0.05) is 12.1 Å². The summed E-state index contributed by atoms with van der Waals surface area (Å²) >= 11 is 0. The first kappa shape index (κ1) is 11.7. The standard InChI is InChI=1S/C12H23NO/c1-3-4-8-13-12(10-14)7-5-6-11(2)9-12/h3-4,11,13-14H,5-10H2,1-2H3/b4-3+. The SMILES string of the molecule is C/C=C/CNC1(CO)CCCC(C)C1. The Morgan fingerprint density at radius 2 is 2.36 bits per heavy atom. The van der Waals surface area contributed by atoms with Gasteiger partial charge in [-0.15, -0.1) is 0 Å². The zero-order valence-electron chi connectivity index (χ0n) is 9.42. The van der Waals surface area contributed by atoms with E-state index in [2.05, 4.69) is 18.3 Å². The largest absolute Gasteiger partial charge is 0.394 e. The van der Waals surface area contributed by atoms with Crippen LogP contribution in [0.15, 0.2) is 12.2 Å². The minimum absolute atomic E-state index is 0.00280. The predicted octanol–water partition coefficient (Wildman–Crippen LogP) is 2.09. The van der Waals surface area contributed by atoms with Crippen LogP contribution in [0.2, 0.25) is 0 Å². The maximum atomic E-state index is 9.47. The summed E-state index contributed by atoms with van der Waals surface area (Å²) in [5.74, 6) is 0.744. The number of hydrogen-bond acceptors (Lipinski definition) is 2. The molecule has 0 radical (unpaired) electrons. The minimum Gasteiger partial charge on any atom is -0.394 e. The van der Waals surface area contributed by atoms with E-state index in [0.717, 1.165) is 25.3 Å². The summed E-state index contributed by atoms with van der Waals surface area (Å²) in [6, 6.07) is 0. The average Bonchev–Trinajstić information content (AvgIpc) is 2.18. The number of aliphatic hydroxyl groups excluding tert-OH is 1. The van der Waals surface area contributed by atoms with Gasteiger partial charge in [-0.05, 0) is 25.7 Å². The van der Waals surface area contributed by atoms with Crippen molar-refractivity contribution in [3.05, 3.63) is 12.2 Å². The maximum absolute atomic E-state index is 9.47. The molecule has 0 heterocycles. The molecule has 0 aromatic heterocycles. The number of nitrogens with one attached hydrogen (secondary N) is 1. The molecule has 2 heteroatoms. The fourth-order valence-electron chi connectivity index (χ4n) is 2.41. The van der Waals surface area contributed by atoms with Gasteiger partial charge in [-0.1, -0.05) is 31.9 Å². The summed E-state index contributed by atoms with van der Waals surface area (Å²) in [4.78, 5) is 0. The average molecular weight is 197 g/mol. The highest BCUT2D eigenvalue weighted by Crippen LogP contribution is 2.31. The van der Waals surface area contributed by atoms with Crippen LogP contribution in [0.4, 0.5) is 0 Å². The van der Waals surface area contributed by atoms with E-state index in [1.54, 1.807) is 0 Å². The van der Waals surface area contributed by atoms with E-state index in [0.29, 0.717) is 0 Å². The van der Waals surface area contributed by atoms with E-state index in [-0.39, 0.29) is 12.1 Å². The third-order valence-corrected chi connectivity index (χ3v) is 3.22. The van der Waals surface area contributed by atoms with Crippen LogP contribution < -0.4 is 5.32 Å². The van der Waals surface area contributed by atoms with E-state index in [1.807, 2.05) is 13.0 Å². The molecule has 1 fully saturated rings. The van der Waals surface area contributed by atoms with Crippen LogP contribution in [-0.4, -0.2) is 23.8 Å². The van der Waals surface area contributed by atoms with Crippen LogP contribution in [0, 0.1) is 5.92 Å². The van der Waals surface area contributed by atoms with Gasteiger partial charge in [0.15, 0.2) is 0 Å². The summed E-state index contributed by atoms with van der Waals surface area (Å²) in [5.41, 5.74) is -0.00280. The lowest BCUT2D eigenvalue weighted by atomic mass is 9.77. The minimum atomic E-state index is -0.00280. The van der Waals surface area contributed by atoms with Crippen molar-refractivity contribution in [3.8, 4) is 0 Å². The fraction of sp³-hybridized carbons (Fsp3) is 0.833. The van der Waals surface area contributed by atoms with Crippen molar-refractivity contribution in [3.63, 3.8) is 0 Å². The Hall–Kier alpha value is -0.340. The molecule has 1 rings (SSSR count). The van der Waals surface area contributed by atoms with Gasteiger partial charge < -0.3 is 10.4 Å². The lowest BCUT2D eigenvalue weighted by molar-refractivity contribution is 0.103. The summed E-state index contributed by atoms with van der Waals surface area (Å²) < 4.78 is 0. The van der Waals surface area contributed by atoms with Crippen molar-refractivity contribution in [2.24, 2.45) is 5.92 Å². The predicted molar refractivity (Wildman–Crippen MR) is 60.3 cm³/mol. The monoisotopic (exact) mass is 197 g/mol. The van der Waals surface area contributed by atoms with Crippen LogP contribution >= 0.6 is 0 Å². The molecule has 2 atom stereocenters. The van der Waals surface area contributed by atoms with E-state index < -0.39 is 0 Å². The van der Waals surface area contributed by atoms with Crippen molar-refractivity contribution in [1.82, 2.24) is 5.32 Å². The quantitative estimate of drug-likeness (QED) is 0.676. The van der Waals surface area contributed by atoms with Crippen molar-refractivity contribution in [2.45, 2.75) is 45.1 Å². The molecule has 2 unspecified atom stereocenters. The normalized spacial score (nSPS) is 33.8. The van der Waals surface area contributed by atoms with Crippen LogP contribution in [0.1, 0.15) is 39.5 Å². The molecule has 82 valence electrons. The lowest BCUT2D eigenvalue weighted by Gasteiger charge is -2.39. The number of allylic oxidation sites excluding steroid dienone is 1. The molecule has 2 nitrogen and oxygen atoms in total. The Morgan fingerprint density at radius 1 is 1.57 bits per heavy atom. The third kappa shape index (κ3) is 3.10. The molecular formula is C12H23NO. The zero-order valence-corrected chi connectivity index (χ0v) is 9.42. The van der Waals surface area contributed by atoms with Gasteiger partial charge in [0.05, 0.1) is 6.61 Å². The number of aliphatic hydroxyl groups is 1.